The molecule has 4 nitrogen and oxygen atoms in total. The predicted octanol–water partition coefficient (Wildman–Crippen LogP) is -0.385. The molecular weight excluding hydrogens is 176 g/mol. The van der Waals surface area contributed by atoms with Crippen LogP contribution in [0.5, 0.6) is 0 Å². The van der Waals surface area contributed by atoms with Gasteiger partial charge in [0.2, 0.25) is 10.0 Å². The van der Waals surface area contributed by atoms with E-state index in [1.165, 1.54) is 10.6 Å². The van der Waals surface area contributed by atoms with E-state index in [1.807, 2.05) is 6.92 Å². The summed E-state index contributed by atoms with van der Waals surface area (Å²) in [5.41, 5.74) is 5.76. The van der Waals surface area contributed by atoms with Gasteiger partial charge >= 0.3 is 0 Å². The molecule has 0 bridgehead atoms. The Bertz CT molecular complexity index is 250. The highest BCUT2D eigenvalue weighted by Crippen LogP contribution is 2.16. The van der Waals surface area contributed by atoms with E-state index >= 15 is 0 Å². The normalized spacial score (nSPS) is 33.6. The van der Waals surface area contributed by atoms with Gasteiger partial charge in [-0.05, 0) is 12.3 Å². The number of nitrogens with two attached hydrogens (primary N) is 1. The maximum atomic E-state index is 11.1. The summed E-state index contributed by atoms with van der Waals surface area (Å²) in [6, 6.07) is 0.156. The lowest BCUT2D eigenvalue weighted by Gasteiger charge is -2.33. The molecule has 5 heteroatoms. The quantitative estimate of drug-likeness (QED) is 0.615. The maximum Gasteiger partial charge on any atom is 0.211 e. The fourth-order valence-corrected chi connectivity index (χ4v) is 2.37. The van der Waals surface area contributed by atoms with Crippen molar-refractivity contribution < 1.29 is 8.42 Å². The summed E-state index contributed by atoms with van der Waals surface area (Å²) in [5.74, 6) is 0.272. The molecule has 1 rings (SSSR count). The largest absolute Gasteiger partial charge is 0.327 e. The van der Waals surface area contributed by atoms with E-state index in [9.17, 15) is 8.42 Å². The van der Waals surface area contributed by atoms with Crippen LogP contribution < -0.4 is 5.73 Å². The summed E-state index contributed by atoms with van der Waals surface area (Å²) in [7, 11) is -3.00. The highest BCUT2D eigenvalue weighted by molar-refractivity contribution is 7.88. The Balaban J connectivity index is 2.64. The van der Waals surface area contributed by atoms with Crippen molar-refractivity contribution in [3.63, 3.8) is 0 Å². The first-order valence-electron chi connectivity index (χ1n) is 4.12. The van der Waals surface area contributed by atoms with Crippen LogP contribution >= 0.6 is 0 Å². The Morgan fingerprint density at radius 2 is 2.08 bits per heavy atom. The molecule has 0 amide bonds. The summed E-state index contributed by atoms with van der Waals surface area (Å²) in [6.45, 7) is 3.13. The lowest BCUT2D eigenvalue weighted by molar-refractivity contribution is 0.251. The van der Waals surface area contributed by atoms with E-state index < -0.39 is 10.0 Å². The fraction of sp³-hybridized carbons (Fsp3) is 1.00. The van der Waals surface area contributed by atoms with Crippen molar-refractivity contribution >= 4 is 10.0 Å². The van der Waals surface area contributed by atoms with Gasteiger partial charge in [0, 0.05) is 19.1 Å². The van der Waals surface area contributed by atoms with Crippen LogP contribution in [-0.2, 0) is 10.0 Å². The molecule has 2 N–H and O–H groups in total. The summed E-state index contributed by atoms with van der Waals surface area (Å²) in [4.78, 5) is 0. The van der Waals surface area contributed by atoms with Crippen molar-refractivity contribution in [2.24, 2.45) is 11.7 Å². The van der Waals surface area contributed by atoms with Gasteiger partial charge in [-0.1, -0.05) is 6.92 Å². The van der Waals surface area contributed by atoms with E-state index in [4.69, 9.17) is 5.73 Å². The van der Waals surface area contributed by atoms with Crippen molar-refractivity contribution in [2.75, 3.05) is 19.3 Å². The lowest BCUT2D eigenvalue weighted by Crippen LogP contribution is -2.47. The van der Waals surface area contributed by atoms with Gasteiger partial charge in [0.25, 0.3) is 0 Å². The van der Waals surface area contributed by atoms with E-state index in [0.29, 0.717) is 13.1 Å². The van der Waals surface area contributed by atoms with Crippen molar-refractivity contribution in [2.45, 2.75) is 19.4 Å². The molecule has 0 spiro atoms. The summed E-state index contributed by atoms with van der Waals surface area (Å²) in [5, 5.41) is 0. The third-order valence-corrected chi connectivity index (χ3v) is 3.67. The van der Waals surface area contributed by atoms with Gasteiger partial charge in [0.05, 0.1) is 6.26 Å². The van der Waals surface area contributed by atoms with E-state index in [0.717, 1.165) is 6.42 Å². The Morgan fingerprint density at radius 1 is 1.50 bits per heavy atom. The Hall–Kier alpha value is -0.130. The molecule has 1 heterocycles. The minimum atomic E-state index is -3.00. The first kappa shape index (κ1) is 9.95. The monoisotopic (exact) mass is 192 g/mol. The third kappa shape index (κ3) is 2.18. The maximum absolute atomic E-state index is 11.1. The minimum absolute atomic E-state index is 0.156. The predicted molar refractivity (Wildman–Crippen MR) is 48.2 cm³/mol. The molecule has 0 aliphatic carbocycles. The van der Waals surface area contributed by atoms with E-state index in [-0.39, 0.29) is 12.0 Å². The van der Waals surface area contributed by atoms with Gasteiger partial charge in [-0.25, -0.2) is 12.7 Å². The molecule has 12 heavy (non-hydrogen) atoms. The number of hydrogen-bond donors (Lipinski definition) is 1. The van der Waals surface area contributed by atoms with Gasteiger partial charge in [-0.15, -0.1) is 0 Å². The number of rotatable bonds is 1. The molecule has 1 aliphatic rings. The average molecular weight is 192 g/mol. The van der Waals surface area contributed by atoms with Gasteiger partial charge in [-0.2, -0.15) is 0 Å². The molecule has 1 aliphatic heterocycles. The molecule has 1 unspecified atom stereocenters. The Morgan fingerprint density at radius 3 is 2.50 bits per heavy atom. The molecule has 2 atom stereocenters. The molecule has 0 radical (unpaired) electrons. The molecule has 1 saturated heterocycles. The lowest BCUT2D eigenvalue weighted by atomic mass is 9.96. The molecule has 72 valence electrons. The molecule has 1 fully saturated rings. The van der Waals surface area contributed by atoms with Crippen molar-refractivity contribution in [3.05, 3.63) is 0 Å². The van der Waals surface area contributed by atoms with Crippen LogP contribution in [-0.4, -0.2) is 38.1 Å². The van der Waals surface area contributed by atoms with Gasteiger partial charge in [0.15, 0.2) is 0 Å². The molecule has 0 aromatic rings. The topological polar surface area (TPSA) is 63.4 Å². The van der Waals surface area contributed by atoms with Crippen LogP contribution in [0.2, 0.25) is 0 Å². The fourth-order valence-electron chi connectivity index (χ4n) is 1.43. The molecular formula is C7H16N2O2S. The summed E-state index contributed by atoms with van der Waals surface area (Å²) >= 11 is 0. The van der Waals surface area contributed by atoms with Gasteiger partial charge in [-0.3, -0.25) is 0 Å². The number of nitrogens with zero attached hydrogens (tertiary/aromatic N) is 1. The van der Waals surface area contributed by atoms with E-state index in [2.05, 4.69) is 0 Å². The van der Waals surface area contributed by atoms with E-state index in [1.54, 1.807) is 0 Å². The summed E-state index contributed by atoms with van der Waals surface area (Å²) < 4.78 is 23.7. The molecule has 0 aromatic heterocycles. The van der Waals surface area contributed by atoms with Crippen molar-refractivity contribution in [3.8, 4) is 0 Å². The van der Waals surface area contributed by atoms with Crippen LogP contribution in [0.25, 0.3) is 0 Å². The second-order valence-electron chi connectivity index (χ2n) is 3.55. The standard InChI is InChI=1S/C7H16N2O2S/c1-6-5-9(12(2,10)11)4-3-7(6)8/h6-7H,3-5,8H2,1-2H3/t6-,7?/m1/s1. The first-order valence-corrected chi connectivity index (χ1v) is 5.97. The highest BCUT2D eigenvalue weighted by atomic mass is 32.2. The van der Waals surface area contributed by atoms with Crippen LogP contribution in [0.3, 0.4) is 0 Å². The number of sulfonamides is 1. The number of hydrogen-bond acceptors (Lipinski definition) is 3. The molecule has 0 saturated carbocycles. The van der Waals surface area contributed by atoms with Crippen molar-refractivity contribution in [1.29, 1.82) is 0 Å². The SMILES string of the molecule is C[C@@H]1CN(S(C)(=O)=O)CCC1N. The second-order valence-corrected chi connectivity index (χ2v) is 5.53. The van der Waals surface area contributed by atoms with Crippen LogP contribution in [0.4, 0.5) is 0 Å². The zero-order chi connectivity index (χ0) is 9.35. The van der Waals surface area contributed by atoms with Crippen LogP contribution in [0.15, 0.2) is 0 Å². The second kappa shape index (κ2) is 3.32. The zero-order valence-corrected chi connectivity index (χ0v) is 8.34. The summed E-state index contributed by atoms with van der Waals surface area (Å²) in [6.07, 6.45) is 2.02. The van der Waals surface area contributed by atoms with Crippen LogP contribution in [0.1, 0.15) is 13.3 Å². The van der Waals surface area contributed by atoms with Crippen LogP contribution in [0, 0.1) is 5.92 Å². The zero-order valence-electron chi connectivity index (χ0n) is 7.53. The third-order valence-electron chi connectivity index (χ3n) is 2.40. The Labute approximate surface area is 73.8 Å². The smallest absolute Gasteiger partial charge is 0.211 e. The number of piperidine rings is 1. The molecule has 0 aromatic carbocycles. The first-order chi connectivity index (χ1) is 5.41. The van der Waals surface area contributed by atoms with Gasteiger partial charge < -0.3 is 5.73 Å². The Kier molecular flexibility index (Phi) is 2.75. The average Bonchev–Trinajstić information content (AvgIpc) is 1.92. The van der Waals surface area contributed by atoms with Crippen molar-refractivity contribution in [1.82, 2.24) is 4.31 Å². The van der Waals surface area contributed by atoms with Gasteiger partial charge in [0.1, 0.15) is 0 Å². The minimum Gasteiger partial charge on any atom is -0.327 e. The highest BCUT2D eigenvalue weighted by Gasteiger charge is 2.27.